The molecular formula is C28H33N5O3. The fourth-order valence-electron chi connectivity index (χ4n) is 4.39. The van der Waals surface area contributed by atoms with Gasteiger partial charge in [-0.2, -0.15) is 0 Å². The van der Waals surface area contributed by atoms with Gasteiger partial charge in [0.1, 0.15) is 5.82 Å². The smallest absolute Gasteiger partial charge is 0.273 e. The molecule has 36 heavy (non-hydrogen) atoms. The Morgan fingerprint density at radius 2 is 1.75 bits per heavy atom. The largest absolute Gasteiger partial charge is 0.355 e. The number of nitrogens with one attached hydrogen (secondary N) is 1. The topological polar surface area (TPSA) is 91.6 Å². The van der Waals surface area contributed by atoms with Crippen LogP contribution in [0.2, 0.25) is 0 Å². The number of nitro benzene ring substituents is 1. The lowest BCUT2D eigenvalue weighted by molar-refractivity contribution is -0.385. The van der Waals surface area contributed by atoms with E-state index >= 15 is 0 Å². The fraction of sp³-hybridized carbons (Fsp3) is 0.357. The average molecular weight is 488 g/mol. The van der Waals surface area contributed by atoms with Crippen molar-refractivity contribution in [3.8, 4) is 0 Å². The molecule has 0 atom stereocenters. The van der Waals surface area contributed by atoms with Gasteiger partial charge in [0, 0.05) is 49.9 Å². The number of anilines is 2. The Balaban J connectivity index is 1.34. The quantitative estimate of drug-likeness (QED) is 0.377. The minimum Gasteiger partial charge on any atom is -0.355 e. The summed E-state index contributed by atoms with van der Waals surface area (Å²) in [5.74, 6) is 0.695. The van der Waals surface area contributed by atoms with Gasteiger partial charge in [0.15, 0.2) is 0 Å². The number of hydrogen-bond acceptors (Lipinski definition) is 6. The molecule has 1 aliphatic heterocycles. The van der Waals surface area contributed by atoms with Crippen molar-refractivity contribution in [3.63, 3.8) is 0 Å². The number of carbonyl (C=O) groups is 1. The predicted octanol–water partition coefficient (Wildman–Crippen LogP) is 5.25. The maximum Gasteiger partial charge on any atom is 0.273 e. The second-order valence-electron chi connectivity index (χ2n) is 10.2. The highest BCUT2D eigenvalue weighted by Crippen LogP contribution is 2.24. The number of benzene rings is 2. The molecule has 1 fully saturated rings. The number of para-hydroxylation sites is 1. The van der Waals surface area contributed by atoms with E-state index in [1.165, 1.54) is 5.56 Å². The van der Waals surface area contributed by atoms with Crippen LogP contribution in [0.4, 0.5) is 17.2 Å². The minimum atomic E-state index is -0.315. The average Bonchev–Trinajstić information content (AvgIpc) is 3.10. The van der Waals surface area contributed by atoms with Gasteiger partial charge in [0.25, 0.3) is 11.6 Å². The summed E-state index contributed by atoms with van der Waals surface area (Å²) in [5, 5.41) is 14.3. The number of nitrogens with zero attached hydrogens (tertiary/aromatic N) is 4. The Kier molecular flexibility index (Phi) is 7.64. The Bertz CT molecular complexity index is 1200. The molecule has 0 aliphatic carbocycles. The summed E-state index contributed by atoms with van der Waals surface area (Å²) < 4.78 is 0. The van der Waals surface area contributed by atoms with E-state index in [1.54, 1.807) is 18.3 Å². The van der Waals surface area contributed by atoms with Crippen molar-refractivity contribution in [2.75, 3.05) is 36.4 Å². The number of nitro groups is 1. The summed E-state index contributed by atoms with van der Waals surface area (Å²) in [5.41, 5.74) is 3.39. The van der Waals surface area contributed by atoms with Gasteiger partial charge in [-0.05, 0) is 41.7 Å². The van der Waals surface area contributed by atoms with Crippen molar-refractivity contribution >= 4 is 23.1 Å². The van der Waals surface area contributed by atoms with E-state index in [1.807, 2.05) is 48.5 Å². The third-order valence-electron chi connectivity index (χ3n) is 6.51. The minimum absolute atomic E-state index is 0.0403. The molecule has 0 bridgehead atoms. The van der Waals surface area contributed by atoms with Crippen LogP contribution in [-0.4, -0.2) is 46.9 Å². The molecule has 0 saturated carbocycles. The number of amides is 1. The Morgan fingerprint density at radius 3 is 2.42 bits per heavy atom. The van der Waals surface area contributed by atoms with E-state index in [-0.39, 0.29) is 21.9 Å². The number of aromatic nitrogens is 1. The second kappa shape index (κ2) is 10.9. The number of pyridine rings is 1. The molecule has 0 radical (unpaired) electrons. The molecular weight excluding hydrogens is 454 g/mol. The summed E-state index contributed by atoms with van der Waals surface area (Å²) in [4.78, 5) is 32.7. The molecule has 0 spiro atoms. The highest BCUT2D eigenvalue weighted by Gasteiger charge is 2.20. The van der Waals surface area contributed by atoms with Gasteiger partial charge < -0.3 is 10.2 Å². The number of hydrogen-bond donors (Lipinski definition) is 1. The highest BCUT2D eigenvalue weighted by atomic mass is 16.6. The van der Waals surface area contributed by atoms with Gasteiger partial charge in [-0.3, -0.25) is 19.8 Å². The first-order valence-corrected chi connectivity index (χ1v) is 12.3. The Labute approximate surface area is 212 Å². The molecule has 0 unspecified atom stereocenters. The van der Waals surface area contributed by atoms with Crippen molar-refractivity contribution in [2.24, 2.45) is 0 Å². The van der Waals surface area contributed by atoms with Crippen LogP contribution >= 0.6 is 0 Å². The Morgan fingerprint density at radius 1 is 1.00 bits per heavy atom. The first kappa shape index (κ1) is 25.3. The predicted molar refractivity (Wildman–Crippen MR) is 143 cm³/mol. The van der Waals surface area contributed by atoms with Crippen molar-refractivity contribution in [1.29, 1.82) is 0 Å². The van der Waals surface area contributed by atoms with Crippen LogP contribution in [-0.2, 0) is 12.0 Å². The van der Waals surface area contributed by atoms with Gasteiger partial charge in [-0.25, -0.2) is 4.98 Å². The lowest BCUT2D eigenvalue weighted by Crippen LogP contribution is -2.31. The van der Waals surface area contributed by atoms with Gasteiger partial charge >= 0.3 is 0 Å². The van der Waals surface area contributed by atoms with E-state index in [9.17, 15) is 14.9 Å². The molecule has 1 amide bonds. The van der Waals surface area contributed by atoms with Crippen molar-refractivity contribution in [3.05, 3.63) is 93.7 Å². The third kappa shape index (κ3) is 6.26. The molecule has 8 nitrogen and oxygen atoms in total. The highest BCUT2D eigenvalue weighted by molar-refractivity contribution is 6.04. The monoisotopic (exact) mass is 487 g/mol. The molecule has 8 heteroatoms. The van der Waals surface area contributed by atoms with E-state index < -0.39 is 0 Å². The third-order valence-corrected chi connectivity index (χ3v) is 6.51. The normalized spacial score (nSPS) is 14.8. The molecule has 1 aromatic heterocycles. The first-order valence-electron chi connectivity index (χ1n) is 12.3. The summed E-state index contributed by atoms with van der Waals surface area (Å²) in [6.45, 7) is 10.3. The number of rotatable bonds is 6. The summed E-state index contributed by atoms with van der Waals surface area (Å²) >= 11 is 0. The van der Waals surface area contributed by atoms with E-state index in [0.717, 1.165) is 44.0 Å². The van der Waals surface area contributed by atoms with E-state index in [0.29, 0.717) is 17.8 Å². The summed E-state index contributed by atoms with van der Waals surface area (Å²) in [7, 11) is 0. The summed E-state index contributed by atoms with van der Waals surface area (Å²) in [6.07, 6.45) is 2.62. The van der Waals surface area contributed by atoms with Crippen molar-refractivity contribution in [2.45, 2.75) is 39.2 Å². The second-order valence-corrected chi connectivity index (χ2v) is 10.2. The number of carbonyl (C=O) groups excluding carboxylic acids is 1. The fourth-order valence-corrected chi connectivity index (χ4v) is 4.39. The maximum absolute atomic E-state index is 12.7. The standard InChI is InChI=1S/C28H33N5O3/c1-28(2,3)23-11-9-21(10-12-23)27(34)30-24-13-14-26(29-19-24)32-16-6-15-31(17-18-32)20-22-7-4-5-8-25(22)33(35)36/h4-5,7-14,19H,6,15-18,20H2,1-3H3,(H,30,34). The molecule has 3 aromatic rings. The molecule has 4 rings (SSSR count). The van der Waals surface area contributed by atoms with Crippen LogP contribution in [0, 0.1) is 10.1 Å². The summed E-state index contributed by atoms with van der Waals surface area (Å²) in [6, 6.07) is 18.4. The maximum atomic E-state index is 12.7. The lowest BCUT2D eigenvalue weighted by atomic mass is 9.87. The van der Waals surface area contributed by atoms with Crippen LogP contribution in [0.3, 0.4) is 0 Å². The van der Waals surface area contributed by atoms with Crippen LogP contribution in [0.25, 0.3) is 0 Å². The van der Waals surface area contributed by atoms with Crippen LogP contribution in [0.5, 0.6) is 0 Å². The molecule has 1 saturated heterocycles. The van der Waals surface area contributed by atoms with Crippen molar-refractivity contribution < 1.29 is 9.72 Å². The zero-order valence-corrected chi connectivity index (χ0v) is 21.1. The molecule has 1 aliphatic rings. The molecule has 188 valence electrons. The van der Waals surface area contributed by atoms with Crippen LogP contribution in [0.1, 0.15) is 48.7 Å². The van der Waals surface area contributed by atoms with Crippen LogP contribution < -0.4 is 10.2 Å². The SMILES string of the molecule is CC(C)(C)c1ccc(C(=O)Nc2ccc(N3CCCN(Cc4ccccc4[N+](=O)[O-])CC3)nc2)cc1. The van der Waals surface area contributed by atoms with Crippen molar-refractivity contribution in [1.82, 2.24) is 9.88 Å². The lowest BCUT2D eigenvalue weighted by Gasteiger charge is -2.23. The van der Waals surface area contributed by atoms with Crippen LogP contribution in [0.15, 0.2) is 66.9 Å². The first-order chi connectivity index (χ1) is 17.2. The Hall–Kier alpha value is -3.78. The zero-order chi connectivity index (χ0) is 25.7. The molecule has 2 heterocycles. The molecule has 1 N–H and O–H groups in total. The van der Waals surface area contributed by atoms with Gasteiger partial charge in [-0.15, -0.1) is 0 Å². The van der Waals surface area contributed by atoms with Gasteiger partial charge in [0.2, 0.25) is 0 Å². The zero-order valence-electron chi connectivity index (χ0n) is 21.1. The van der Waals surface area contributed by atoms with Gasteiger partial charge in [-0.1, -0.05) is 51.1 Å². The van der Waals surface area contributed by atoms with E-state index in [2.05, 4.69) is 40.9 Å². The van der Waals surface area contributed by atoms with Gasteiger partial charge in [0.05, 0.1) is 16.8 Å². The van der Waals surface area contributed by atoms with E-state index in [4.69, 9.17) is 0 Å². The molecule has 2 aromatic carbocycles.